The van der Waals surface area contributed by atoms with Gasteiger partial charge in [0.1, 0.15) is 17.2 Å². The normalized spacial score (nSPS) is 34.3. The van der Waals surface area contributed by atoms with Crippen LogP contribution < -0.4 is 17.0 Å². The largest absolute Gasteiger partial charge is 1.00 e. The summed E-state index contributed by atoms with van der Waals surface area (Å²) in [6.45, 7) is 6.25. The van der Waals surface area contributed by atoms with Crippen molar-refractivity contribution in [1.82, 2.24) is 0 Å². The van der Waals surface area contributed by atoms with E-state index in [0.717, 1.165) is 13.1 Å². The highest BCUT2D eigenvalue weighted by Gasteiger charge is 2.53. The number of hydrogen-bond donors (Lipinski definition) is 0. The summed E-state index contributed by atoms with van der Waals surface area (Å²) < 4.78 is 26.6. The zero-order valence-electron chi connectivity index (χ0n) is 9.60. The van der Waals surface area contributed by atoms with E-state index in [0.29, 0.717) is 5.75 Å². The second-order valence-corrected chi connectivity index (χ2v) is 10.3. The number of halogens is 2. The van der Waals surface area contributed by atoms with Gasteiger partial charge in [-0.05, 0) is 37.4 Å². The first-order valence-corrected chi connectivity index (χ1v) is 9.69. The van der Waals surface area contributed by atoms with Gasteiger partial charge >= 0.3 is 0 Å². The van der Waals surface area contributed by atoms with Gasteiger partial charge in [-0.15, -0.1) is 0 Å². The molecule has 2 fully saturated rings. The molecule has 0 aliphatic carbocycles. The van der Waals surface area contributed by atoms with Crippen molar-refractivity contribution in [2.45, 2.75) is 28.5 Å². The lowest BCUT2D eigenvalue weighted by atomic mass is 10.4. The fraction of sp³-hybridized carbons (Fsp3) is 0.889. The Hall–Kier alpha value is 1.28. The van der Waals surface area contributed by atoms with Crippen molar-refractivity contribution < 1.29 is 30.0 Å². The zero-order chi connectivity index (χ0) is 11.9. The number of nitrogens with zero attached hydrogens (tertiary/aromatic N) is 1. The second-order valence-electron chi connectivity index (χ2n) is 3.86. The lowest BCUT2D eigenvalue weighted by Crippen LogP contribution is -3.00. The van der Waals surface area contributed by atoms with Gasteiger partial charge in [-0.1, -0.05) is 15.9 Å². The van der Waals surface area contributed by atoms with E-state index in [9.17, 15) is 8.42 Å². The summed E-state index contributed by atoms with van der Waals surface area (Å²) in [5.41, 5.74) is 0. The minimum atomic E-state index is -2.90. The number of thioether (sulfide) groups is 2. The van der Waals surface area contributed by atoms with E-state index in [1.54, 1.807) is 23.5 Å². The lowest BCUT2D eigenvalue weighted by molar-refractivity contribution is -0.515. The highest BCUT2D eigenvalue weighted by molar-refractivity contribution is 9.11. The first kappa shape index (κ1) is 16.3. The molecule has 2 aliphatic rings. The van der Waals surface area contributed by atoms with Crippen molar-refractivity contribution in [2.75, 3.05) is 18.8 Å². The van der Waals surface area contributed by atoms with Gasteiger partial charge in [0.15, 0.2) is 9.84 Å². The zero-order valence-corrected chi connectivity index (χ0v) is 15.2. The maximum Gasteiger partial charge on any atom is 0.270 e. The number of sulfone groups is 1. The molecule has 2 aliphatic heterocycles. The SMILES string of the molecule is CC[N+](CC)=C1SC2CS(=O)(=O)C(Br)C2S1.[Br-]. The van der Waals surface area contributed by atoms with Crippen LogP contribution in [0.15, 0.2) is 0 Å². The van der Waals surface area contributed by atoms with Gasteiger partial charge in [-0.25, -0.2) is 13.0 Å². The van der Waals surface area contributed by atoms with E-state index >= 15 is 0 Å². The maximum absolute atomic E-state index is 11.7. The van der Waals surface area contributed by atoms with E-state index in [1.807, 2.05) is 0 Å². The predicted octanol–water partition coefficient (Wildman–Crippen LogP) is -1.23. The number of fused-ring (bicyclic) bond motifs is 1. The molecule has 0 spiro atoms. The third-order valence-electron chi connectivity index (χ3n) is 2.88. The van der Waals surface area contributed by atoms with Gasteiger partial charge < -0.3 is 17.0 Å². The van der Waals surface area contributed by atoms with Crippen molar-refractivity contribution in [2.24, 2.45) is 0 Å². The summed E-state index contributed by atoms with van der Waals surface area (Å²) >= 11 is 6.80. The Morgan fingerprint density at radius 2 is 1.94 bits per heavy atom. The number of alkyl halides is 1. The minimum Gasteiger partial charge on any atom is -1.00 e. The molecule has 0 amide bonds. The van der Waals surface area contributed by atoms with E-state index in [4.69, 9.17) is 0 Å². The molecule has 3 atom stereocenters. The van der Waals surface area contributed by atoms with Gasteiger partial charge in [-0.2, -0.15) is 0 Å². The lowest BCUT2D eigenvalue weighted by Gasteiger charge is -2.06. The van der Waals surface area contributed by atoms with E-state index in [1.165, 1.54) is 4.38 Å². The van der Waals surface area contributed by atoms with Gasteiger partial charge in [0, 0.05) is 5.25 Å². The topological polar surface area (TPSA) is 37.1 Å². The third-order valence-corrected chi connectivity index (χ3v) is 11.0. The van der Waals surface area contributed by atoms with Crippen LogP contribution in [0, 0.1) is 0 Å². The van der Waals surface area contributed by atoms with Crippen molar-refractivity contribution in [3.8, 4) is 0 Å². The van der Waals surface area contributed by atoms with Crippen LogP contribution in [0.2, 0.25) is 0 Å². The molecule has 0 N–H and O–H groups in total. The van der Waals surface area contributed by atoms with Crippen LogP contribution in [0.3, 0.4) is 0 Å². The molecule has 100 valence electrons. The molecule has 0 aromatic carbocycles. The molecule has 8 heteroatoms. The van der Waals surface area contributed by atoms with Crippen LogP contribution in [-0.2, 0) is 9.84 Å². The predicted molar refractivity (Wildman–Crippen MR) is 75.6 cm³/mol. The van der Waals surface area contributed by atoms with Gasteiger partial charge in [0.25, 0.3) is 4.38 Å². The van der Waals surface area contributed by atoms with E-state index < -0.39 is 9.84 Å². The molecule has 17 heavy (non-hydrogen) atoms. The average molecular weight is 425 g/mol. The van der Waals surface area contributed by atoms with Crippen LogP contribution in [0.25, 0.3) is 0 Å². The molecule has 0 saturated carbocycles. The van der Waals surface area contributed by atoms with Gasteiger partial charge in [-0.3, -0.25) is 0 Å². The molecule has 0 aromatic rings. The summed E-state index contributed by atoms with van der Waals surface area (Å²) in [4.78, 5) is 0. The minimum absolute atomic E-state index is 0. The average Bonchev–Trinajstić information content (AvgIpc) is 2.69. The molecule has 0 radical (unpaired) electrons. The first-order valence-electron chi connectivity index (χ1n) is 5.30. The van der Waals surface area contributed by atoms with Crippen molar-refractivity contribution >= 4 is 53.7 Å². The Morgan fingerprint density at radius 3 is 2.41 bits per heavy atom. The molecule has 2 saturated heterocycles. The molecule has 3 unspecified atom stereocenters. The molecule has 2 heterocycles. The molecule has 3 nitrogen and oxygen atoms in total. The first-order chi connectivity index (χ1) is 7.49. The Morgan fingerprint density at radius 1 is 1.35 bits per heavy atom. The standard InChI is InChI=1S/C9H15BrNO2S3.BrH/c1-3-11(4-2)9-14-6-5-16(12,13)8(10)7(6)15-9;/h6-8H,3-5H2,1-2H3;1H/q+1;/p-1. The van der Waals surface area contributed by atoms with Gasteiger partial charge in [0.2, 0.25) is 0 Å². The Kier molecular flexibility index (Phi) is 5.91. The highest BCUT2D eigenvalue weighted by atomic mass is 79.9. The fourth-order valence-electron chi connectivity index (χ4n) is 1.92. The molecular weight excluding hydrogens is 410 g/mol. The van der Waals surface area contributed by atoms with Crippen LogP contribution in [-0.4, -0.2) is 50.9 Å². The van der Waals surface area contributed by atoms with Crippen LogP contribution in [0.1, 0.15) is 13.8 Å². The fourth-order valence-corrected chi connectivity index (χ4v) is 9.67. The summed E-state index contributed by atoms with van der Waals surface area (Å²) in [5, 5.41) is 0.417. The Balaban J connectivity index is 0.00000144. The molecule has 0 bridgehead atoms. The smallest absolute Gasteiger partial charge is 0.270 e. The summed E-state index contributed by atoms with van der Waals surface area (Å²) in [6, 6.07) is 0. The van der Waals surface area contributed by atoms with Crippen molar-refractivity contribution in [3.63, 3.8) is 0 Å². The van der Waals surface area contributed by atoms with Crippen LogP contribution in [0.5, 0.6) is 0 Å². The van der Waals surface area contributed by atoms with Crippen molar-refractivity contribution in [3.05, 3.63) is 0 Å². The summed E-state index contributed by atoms with van der Waals surface area (Å²) in [5.74, 6) is 0.315. The molecule has 2 rings (SSSR count). The molecule has 0 aromatic heterocycles. The maximum atomic E-state index is 11.7. The van der Waals surface area contributed by atoms with Crippen LogP contribution in [0.4, 0.5) is 0 Å². The van der Waals surface area contributed by atoms with Crippen molar-refractivity contribution in [1.29, 1.82) is 0 Å². The number of rotatable bonds is 2. The summed E-state index contributed by atoms with van der Waals surface area (Å²) in [7, 11) is -2.90. The Bertz CT molecular complexity index is 418. The molecular formula is C9H15Br2NO2S3. The van der Waals surface area contributed by atoms with E-state index in [-0.39, 0.29) is 31.6 Å². The van der Waals surface area contributed by atoms with Crippen LogP contribution >= 0.6 is 39.5 Å². The quantitative estimate of drug-likeness (QED) is 0.410. The highest BCUT2D eigenvalue weighted by Crippen LogP contribution is 2.49. The second kappa shape index (κ2) is 6.15. The van der Waals surface area contributed by atoms with E-state index in [2.05, 4.69) is 34.4 Å². The third kappa shape index (κ3) is 3.07. The summed E-state index contributed by atoms with van der Waals surface area (Å²) in [6.07, 6.45) is 0. The number of hydrogen-bond acceptors (Lipinski definition) is 4. The monoisotopic (exact) mass is 423 g/mol. The Labute approximate surface area is 130 Å². The van der Waals surface area contributed by atoms with Gasteiger partial charge in [0.05, 0.1) is 11.0 Å².